The van der Waals surface area contributed by atoms with E-state index >= 15 is 0 Å². The van der Waals surface area contributed by atoms with Gasteiger partial charge < -0.3 is 14.6 Å². The second kappa shape index (κ2) is 8.21. The zero-order chi connectivity index (χ0) is 14.9. The molecule has 0 fully saturated rings. The predicted molar refractivity (Wildman–Crippen MR) is 80.6 cm³/mol. The van der Waals surface area contributed by atoms with Crippen LogP contribution in [0.25, 0.3) is 0 Å². The number of nitrogens with zero attached hydrogens (tertiary/aromatic N) is 2. The van der Waals surface area contributed by atoms with Crippen LogP contribution in [0.3, 0.4) is 0 Å². The van der Waals surface area contributed by atoms with Crippen molar-refractivity contribution in [1.82, 2.24) is 15.2 Å². The van der Waals surface area contributed by atoms with Gasteiger partial charge in [-0.15, -0.1) is 0 Å². The van der Waals surface area contributed by atoms with Crippen LogP contribution in [0.15, 0.2) is 47.3 Å². The molecule has 2 aromatic heterocycles. The van der Waals surface area contributed by atoms with Crippen LogP contribution in [-0.4, -0.2) is 35.9 Å². The Labute approximate surface area is 125 Å². The molecular formula is C16H21N3O2. The topological polar surface area (TPSA) is 58.4 Å². The van der Waals surface area contributed by atoms with Crippen LogP contribution in [-0.2, 0) is 17.8 Å². The first-order valence-corrected chi connectivity index (χ1v) is 7.10. The van der Waals surface area contributed by atoms with Crippen LogP contribution in [0.2, 0.25) is 0 Å². The maximum atomic E-state index is 11.7. The van der Waals surface area contributed by atoms with Crippen molar-refractivity contribution in [3.8, 4) is 0 Å². The minimum Gasteiger partial charge on any atom is -0.467 e. The summed E-state index contributed by atoms with van der Waals surface area (Å²) in [7, 11) is 2.03. The van der Waals surface area contributed by atoms with Crippen molar-refractivity contribution in [1.29, 1.82) is 0 Å². The molecule has 1 amide bonds. The Bertz CT molecular complexity index is 526. The van der Waals surface area contributed by atoms with E-state index in [1.54, 1.807) is 18.7 Å². The number of aromatic nitrogens is 1. The highest BCUT2D eigenvalue weighted by Crippen LogP contribution is 2.00. The van der Waals surface area contributed by atoms with Gasteiger partial charge in [0.15, 0.2) is 0 Å². The third kappa shape index (κ3) is 5.79. The Kier molecular flexibility index (Phi) is 5.97. The van der Waals surface area contributed by atoms with Crippen molar-refractivity contribution in [3.05, 3.63) is 54.2 Å². The zero-order valence-corrected chi connectivity index (χ0v) is 12.3. The first-order chi connectivity index (χ1) is 10.2. The lowest BCUT2D eigenvalue weighted by Crippen LogP contribution is -2.29. The highest BCUT2D eigenvalue weighted by atomic mass is 16.3. The Morgan fingerprint density at radius 2 is 2.10 bits per heavy atom. The van der Waals surface area contributed by atoms with E-state index in [2.05, 4.69) is 15.2 Å². The summed E-state index contributed by atoms with van der Waals surface area (Å²) in [4.78, 5) is 17.9. The number of amides is 1. The fourth-order valence-corrected chi connectivity index (χ4v) is 1.96. The predicted octanol–water partition coefficient (Wildman–Crippen LogP) is 1.86. The van der Waals surface area contributed by atoms with Crippen LogP contribution in [0.4, 0.5) is 0 Å². The second-order valence-electron chi connectivity index (χ2n) is 5.01. The molecule has 21 heavy (non-hydrogen) atoms. The summed E-state index contributed by atoms with van der Waals surface area (Å²) >= 11 is 0. The first kappa shape index (κ1) is 15.3. The molecule has 5 nitrogen and oxygen atoms in total. The largest absolute Gasteiger partial charge is 0.467 e. The Hall–Kier alpha value is -2.14. The molecule has 0 unspecified atom stereocenters. The molecule has 1 N–H and O–H groups in total. The molecule has 0 atom stereocenters. The molecule has 0 spiro atoms. The van der Waals surface area contributed by atoms with E-state index in [-0.39, 0.29) is 5.91 Å². The number of hydrogen-bond acceptors (Lipinski definition) is 4. The minimum absolute atomic E-state index is 0.0437. The third-order valence-electron chi connectivity index (χ3n) is 3.29. The first-order valence-electron chi connectivity index (χ1n) is 7.10. The zero-order valence-electron chi connectivity index (χ0n) is 12.3. The van der Waals surface area contributed by atoms with Crippen LogP contribution in [0, 0.1) is 0 Å². The number of rotatable bonds is 8. The molecule has 2 heterocycles. The number of furan rings is 1. The molecule has 0 saturated heterocycles. The lowest BCUT2D eigenvalue weighted by atomic mass is 10.2. The molecule has 112 valence electrons. The summed E-state index contributed by atoms with van der Waals surface area (Å²) in [6.45, 7) is 2.12. The summed E-state index contributed by atoms with van der Waals surface area (Å²) < 4.78 is 5.17. The maximum Gasteiger partial charge on any atom is 0.221 e. The van der Waals surface area contributed by atoms with Gasteiger partial charge in [-0.25, -0.2) is 0 Å². The van der Waals surface area contributed by atoms with Gasteiger partial charge in [0, 0.05) is 31.9 Å². The van der Waals surface area contributed by atoms with E-state index in [0.29, 0.717) is 13.0 Å². The summed E-state index contributed by atoms with van der Waals surface area (Å²) in [6, 6.07) is 7.70. The molecule has 0 aliphatic rings. The molecule has 2 aromatic rings. The fourth-order valence-electron chi connectivity index (χ4n) is 1.96. The monoisotopic (exact) mass is 287 g/mol. The van der Waals surface area contributed by atoms with Gasteiger partial charge in [-0.2, -0.15) is 0 Å². The lowest BCUT2D eigenvalue weighted by Gasteiger charge is -2.16. The summed E-state index contributed by atoms with van der Waals surface area (Å²) in [6.07, 6.45) is 6.67. The van der Waals surface area contributed by atoms with Crippen LogP contribution in [0.1, 0.15) is 17.7 Å². The van der Waals surface area contributed by atoms with Crippen molar-refractivity contribution < 1.29 is 9.21 Å². The summed E-state index contributed by atoms with van der Waals surface area (Å²) in [5.74, 6) is 0.816. The summed E-state index contributed by atoms with van der Waals surface area (Å²) in [5, 5.41) is 2.85. The molecule has 0 radical (unpaired) electrons. The highest BCUT2D eigenvalue weighted by Gasteiger charge is 2.05. The molecular weight excluding hydrogens is 266 g/mol. The van der Waals surface area contributed by atoms with Gasteiger partial charge in [0.2, 0.25) is 5.91 Å². The molecule has 0 aromatic carbocycles. The normalized spacial score (nSPS) is 10.8. The second-order valence-corrected chi connectivity index (χ2v) is 5.01. The van der Waals surface area contributed by atoms with E-state index in [0.717, 1.165) is 25.3 Å². The number of nitrogens with one attached hydrogen (secondary N) is 1. The molecule has 0 aliphatic carbocycles. The summed E-state index contributed by atoms with van der Waals surface area (Å²) in [5.41, 5.74) is 1.26. The standard InChI is InChI=1S/C16H21N3O2/c1-19(10-6-14-4-8-17-9-5-14)11-7-16(20)18-13-15-3-2-12-21-15/h2-5,8-9,12H,6-7,10-11,13H2,1H3,(H,18,20). The van der Waals surface area contributed by atoms with Crippen LogP contribution < -0.4 is 5.32 Å². The molecule has 5 heteroatoms. The number of likely N-dealkylation sites (N-methyl/N-ethyl adjacent to an activating group) is 1. The number of carbonyl (C=O) groups excluding carboxylic acids is 1. The molecule has 0 saturated carbocycles. The van der Waals surface area contributed by atoms with E-state index in [4.69, 9.17) is 4.42 Å². The Morgan fingerprint density at radius 3 is 2.81 bits per heavy atom. The van der Waals surface area contributed by atoms with Crippen molar-refractivity contribution in [3.63, 3.8) is 0 Å². The maximum absolute atomic E-state index is 11.7. The van der Waals surface area contributed by atoms with Crippen LogP contribution >= 0.6 is 0 Å². The minimum atomic E-state index is 0.0437. The average molecular weight is 287 g/mol. The van der Waals surface area contributed by atoms with Gasteiger partial charge >= 0.3 is 0 Å². The van der Waals surface area contributed by atoms with Crippen LogP contribution in [0.5, 0.6) is 0 Å². The van der Waals surface area contributed by atoms with Gasteiger partial charge in [0.05, 0.1) is 12.8 Å². The van der Waals surface area contributed by atoms with Gasteiger partial charge in [-0.05, 0) is 43.3 Å². The SMILES string of the molecule is CN(CCC(=O)NCc1ccco1)CCc1ccncc1. The van der Waals surface area contributed by atoms with Crippen molar-refractivity contribution >= 4 is 5.91 Å². The Morgan fingerprint density at radius 1 is 1.29 bits per heavy atom. The van der Waals surface area contributed by atoms with Crippen molar-refractivity contribution in [2.45, 2.75) is 19.4 Å². The number of carbonyl (C=O) groups is 1. The molecule has 0 aliphatic heterocycles. The number of pyridine rings is 1. The fraction of sp³-hybridized carbons (Fsp3) is 0.375. The van der Waals surface area contributed by atoms with Crippen molar-refractivity contribution in [2.24, 2.45) is 0 Å². The number of hydrogen-bond donors (Lipinski definition) is 1. The van der Waals surface area contributed by atoms with E-state index in [9.17, 15) is 4.79 Å². The van der Waals surface area contributed by atoms with E-state index in [1.807, 2.05) is 31.3 Å². The molecule has 2 rings (SSSR count). The van der Waals surface area contributed by atoms with Gasteiger partial charge in [0.1, 0.15) is 5.76 Å². The van der Waals surface area contributed by atoms with Gasteiger partial charge in [0.25, 0.3) is 0 Å². The highest BCUT2D eigenvalue weighted by molar-refractivity contribution is 5.75. The third-order valence-corrected chi connectivity index (χ3v) is 3.29. The molecule has 0 bridgehead atoms. The smallest absolute Gasteiger partial charge is 0.221 e. The lowest BCUT2D eigenvalue weighted by molar-refractivity contribution is -0.121. The van der Waals surface area contributed by atoms with E-state index < -0.39 is 0 Å². The Balaban J connectivity index is 1.59. The van der Waals surface area contributed by atoms with Gasteiger partial charge in [-0.1, -0.05) is 0 Å². The van der Waals surface area contributed by atoms with Gasteiger partial charge in [-0.3, -0.25) is 9.78 Å². The van der Waals surface area contributed by atoms with Crippen molar-refractivity contribution in [2.75, 3.05) is 20.1 Å². The van der Waals surface area contributed by atoms with E-state index in [1.165, 1.54) is 5.56 Å². The quantitative estimate of drug-likeness (QED) is 0.805. The average Bonchev–Trinajstić information content (AvgIpc) is 3.03.